The average Bonchev–Trinajstić information content (AvgIpc) is 2.75. The fourth-order valence-electron chi connectivity index (χ4n) is 2.99. The van der Waals surface area contributed by atoms with Gasteiger partial charge in [-0.3, -0.25) is 20.2 Å². The third kappa shape index (κ3) is 11.6. The lowest BCUT2D eigenvalue weighted by molar-refractivity contribution is -0.394. The van der Waals surface area contributed by atoms with Crippen molar-refractivity contribution >= 4 is 34.8 Å². The summed E-state index contributed by atoms with van der Waals surface area (Å²) in [4.78, 5) is 32.2. The van der Waals surface area contributed by atoms with Crippen LogP contribution in [0.25, 0.3) is 0 Å². The number of thioether (sulfide) groups is 1. The highest BCUT2D eigenvalue weighted by atomic mass is 32.2. The SMILES string of the molecule is CC(C)=CCC/C(C)=C/CC/C(C)=C/CSC[C@H](Nc1cc([N+](=O)[O-])cc([N+](=O)[O-])c1)C(=O)O. The molecule has 0 unspecified atom stereocenters. The largest absolute Gasteiger partial charge is 0.480 e. The summed E-state index contributed by atoms with van der Waals surface area (Å²) in [7, 11) is 0. The van der Waals surface area contributed by atoms with Crippen LogP contribution in [0.5, 0.6) is 0 Å². The Morgan fingerprint density at radius 3 is 2.00 bits per heavy atom. The molecule has 0 amide bonds. The zero-order valence-electron chi connectivity index (χ0n) is 20.1. The van der Waals surface area contributed by atoms with Gasteiger partial charge in [0.2, 0.25) is 0 Å². The van der Waals surface area contributed by atoms with Crippen LogP contribution in [0.4, 0.5) is 17.1 Å². The van der Waals surface area contributed by atoms with Gasteiger partial charge in [0.25, 0.3) is 11.4 Å². The molecule has 1 rings (SSSR count). The second kappa shape index (κ2) is 14.9. The molecule has 0 radical (unpaired) electrons. The van der Waals surface area contributed by atoms with Gasteiger partial charge in [-0.2, -0.15) is 11.8 Å². The van der Waals surface area contributed by atoms with Gasteiger partial charge >= 0.3 is 5.97 Å². The normalized spacial score (nSPS) is 12.7. The Morgan fingerprint density at radius 2 is 1.50 bits per heavy atom. The molecule has 0 heterocycles. The van der Waals surface area contributed by atoms with Crippen LogP contribution in [0.15, 0.2) is 53.1 Å². The van der Waals surface area contributed by atoms with E-state index in [0.717, 1.165) is 43.9 Å². The molecule has 0 aliphatic carbocycles. The Labute approximate surface area is 204 Å². The lowest BCUT2D eigenvalue weighted by Crippen LogP contribution is -2.31. The lowest BCUT2D eigenvalue weighted by Gasteiger charge is -2.15. The molecule has 0 aliphatic rings. The molecule has 0 saturated heterocycles. The van der Waals surface area contributed by atoms with Crippen molar-refractivity contribution in [3.8, 4) is 0 Å². The van der Waals surface area contributed by atoms with Crippen molar-refractivity contribution in [1.29, 1.82) is 0 Å². The maximum Gasteiger partial charge on any atom is 0.326 e. The van der Waals surface area contributed by atoms with E-state index in [2.05, 4.69) is 44.3 Å². The molecule has 9 nitrogen and oxygen atoms in total. The van der Waals surface area contributed by atoms with E-state index >= 15 is 0 Å². The number of rotatable bonds is 15. The fraction of sp³-hybridized carbons (Fsp3) is 0.458. The number of nitro groups is 2. The Kier molecular flexibility index (Phi) is 12.7. The molecule has 0 bridgehead atoms. The second-order valence-corrected chi connectivity index (χ2v) is 9.36. The van der Waals surface area contributed by atoms with E-state index in [1.54, 1.807) is 0 Å². The monoisotopic (exact) mass is 491 g/mol. The molecular weight excluding hydrogens is 458 g/mol. The molecule has 0 saturated carbocycles. The quantitative estimate of drug-likeness (QED) is 0.122. The molecule has 10 heteroatoms. The Morgan fingerprint density at radius 1 is 0.971 bits per heavy atom. The molecule has 2 N–H and O–H groups in total. The number of nitrogens with one attached hydrogen (secondary N) is 1. The van der Waals surface area contributed by atoms with E-state index in [1.807, 2.05) is 6.92 Å². The van der Waals surface area contributed by atoms with Gasteiger partial charge in [-0.1, -0.05) is 34.9 Å². The number of aliphatic carboxylic acids is 1. The summed E-state index contributed by atoms with van der Waals surface area (Å²) >= 11 is 1.40. The van der Waals surface area contributed by atoms with Crippen LogP contribution >= 0.6 is 11.8 Å². The smallest absolute Gasteiger partial charge is 0.326 e. The van der Waals surface area contributed by atoms with Crippen molar-refractivity contribution in [3.63, 3.8) is 0 Å². The van der Waals surface area contributed by atoms with Gasteiger partial charge in [0.05, 0.1) is 15.9 Å². The van der Waals surface area contributed by atoms with Crippen LogP contribution in [0.1, 0.15) is 53.4 Å². The van der Waals surface area contributed by atoms with Crippen LogP contribution < -0.4 is 5.32 Å². The highest BCUT2D eigenvalue weighted by Gasteiger charge is 2.21. The summed E-state index contributed by atoms with van der Waals surface area (Å²) in [5.74, 6) is -0.328. The number of hydrogen-bond donors (Lipinski definition) is 2. The van der Waals surface area contributed by atoms with E-state index in [1.165, 1.54) is 28.5 Å². The minimum absolute atomic E-state index is 0.0207. The average molecular weight is 492 g/mol. The van der Waals surface area contributed by atoms with Crippen LogP contribution in [-0.2, 0) is 4.79 Å². The van der Waals surface area contributed by atoms with E-state index in [9.17, 15) is 30.1 Å². The number of carboxylic acid groups (broad SMARTS) is 1. The van der Waals surface area contributed by atoms with Crippen LogP contribution in [0.3, 0.4) is 0 Å². The highest BCUT2D eigenvalue weighted by molar-refractivity contribution is 7.99. The molecule has 186 valence electrons. The number of nitrogens with zero attached hydrogens (tertiary/aromatic N) is 2. The number of allylic oxidation sites excluding steroid dienone is 5. The molecule has 0 fully saturated rings. The van der Waals surface area contributed by atoms with Crippen molar-refractivity contribution in [2.45, 2.75) is 59.4 Å². The summed E-state index contributed by atoms with van der Waals surface area (Å²) in [6.45, 7) is 8.38. The van der Waals surface area contributed by atoms with Gasteiger partial charge < -0.3 is 10.4 Å². The zero-order chi connectivity index (χ0) is 25.7. The van der Waals surface area contributed by atoms with Gasteiger partial charge in [-0.25, -0.2) is 4.79 Å². The Balaban J connectivity index is 2.59. The van der Waals surface area contributed by atoms with Crippen LogP contribution in [0.2, 0.25) is 0 Å². The van der Waals surface area contributed by atoms with E-state index in [4.69, 9.17) is 0 Å². The molecule has 0 aliphatic heterocycles. The summed E-state index contributed by atoms with van der Waals surface area (Å²) in [5.41, 5.74) is 2.98. The third-order valence-electron chi connectivity index (χ3n) is 4.92. The Bertz CT molecular complexity index is 935. The number of carbonyl (C=O) groups is 1. The molecular formula is C24H33N3O6S. The zero-order valence-corrected chi connectivity index (χ0v) is 20.9. The highest BCUT2D eigenvalue weighted by Crippen LogP contribution is 2.26. The number of nitro benzene ring substituents is 2. The minimum atomic E-state index is -1.14. The summed E-state index contributed by atoms with van der Waals surface area (Å²) < 4.78 is 0. The van der Waals surface area contributed by atoms with Gasteiger partial charge in [-0.05, 0) is 53.4 Å². The fourth-order valence-corrected chi connectivity index (χ4v) is 3.99. The number of non-ortho nitro benzene ring substituents is 2. The summed E-state index contributed by atoms with van der Waals surface area (Å²) in [6.07, 6.45) is 10.6. The standard InChI is InChI=1S/C24H33N3O6S/c1-17(2)7-5-8-18(3)9-6-10-19(4)11-12-34-16-23(24(28)29)25-20-13-21(26(30)31)15-22(14-20)27(32)33/h7,9,11,13-15,23,25H,5-6,8,10,12,16H2,1-4H3,(H,28,29)/b18-9+,19-11+/t23-/m0/s1. The minimum Gasteiger partial charge on any atom is -0.480 e. The first-order valence-electron chi connectivity index (χ1n) is 10.9. The predicted octanol–water partition coefficient (Wildman–Crippen LogP) is 6.52. The molecule has 34 heavy (non-hydrogen) atoms. The Hall–Kier alpha value is -3.14. The van der Waals surface area contributed by atoms with Crippen molar-refractivity contribution in [1.82, 2.24) is 0 Å². The summed E-state index contributed by atoms with van der Waals surface area (Å²) in [5, 5.41) is 34.2. The van der Waals surface area contributed by atoms with Gasteiger partial charge in [0.15, 0.2) is 0 Å². The topological polar surface area (TPSA) is 136 Å². The number of benzene rings is 1. The van der Waals surface area contributed by atoms with Gasteiger partial charge in [0, 0.05) is 29.3 Å². The number of hydrogen-bond acceptors (Lipinski definition) is 7. The van der Waals surface area contributed by atoms with Gasteiger partial charge in [-0.15, -0.1) is 0 Å². The molecule has 0 aromatic heterocycles. The lowest BCUT2D eigenvalue weighted by atomic mass is 10.1. The van der Waals surface area contributed by atoms with Crippen molar-refractivity contribution in [3.05, 3.63) is 73.4 Å². The third-order valence-corrected chi connectivity index (χ3v) is 5.89. The van der Waals surface area contributed by atoms with Gasteiger partial charge in [0.1, 0.15) is 6.04 Å². The molecule has 0 spiro atoms. The maximum atomic E-state index is 11.6. The predicted molar refractivity (Wildman–Crippen MR) is 138 cm³/mol. The number of anilines is 1. The van der Waals surface area contributed by atoms with Crippen molar-refractivity contribution in [2.24, 2.45) is 0 Å². The first-order valence-corrected chi connectivity index (χ1v) is 12.1. The van der Waals surface area contributed by atoms with Crippen LogP contribution in [0, 0.1) is 20.2 Å². The maximum absolute atomic E-state index is 11.6. The molecule has 1 aromatic carbocycles. The van der Waals surface area contributed by atoms with E-state index < -0.39 is 33.2 Å². The first kappa shape index (κ1) is 28.9. The first-order chi connectivity index (χ1) is 16.0. The molecule has 1 atom stereocenters. The van der Waals surface area contributed by atoms with Crippen molar-refractivity contribution < 1.29 is 19.7 Å². The second-order valence-electron chi connectivity index (χ2n) is 8.28. The van der Waals surface area contributed by atoms with E-state index in [0.29, 0.717) is 5.75 Å². The number of carboxylic acids is 1. The van der Waals surface area contributed by atoms with Crippen LogP contribution in [-0.4, -0.2) is 38.5 Å². The van der Waals surface area contributed by atoms with Crippen molar-refractivity contribution in [2.75, 3.05) is 16.8 Å². The van der Waals surface area contributed by atoms with E-state index in [-0.39, 0.29) is 11.4 Å². The summed E-state index contributed by atoms with van der Waals surface area (Å²) in [6, 6.07) is 1.97. The molecule has 1 aromatic rings.